The number of ether oxygens (including phenoxy) is 1. The van der Waals surface area contributed by atoms with E-state index in [4.69, 9.17) is 16.3 Å². The van der Waals surface area contributed by atoms with E-state index >= 15 is 0 Å². The smallest absolute Gasteiger partial charge is 0.240 e. The summed E-state index contributed by atoms with van der Waals surface area (Å²) in [6.45, 7) is 0.300. The number of aryl methyl sites for hydroxylation is 1. The number of aromatic nitrogens is 4. The molecule has 3 heterocycles. The number of pyridine rings is 1. The van der Waals surface area contributed by atoms with Gasteiger partial charge >= 0.3 is 0 Å². The zero-order valence-corrected chi connectivity index (χ0v) is 18.8. The van der Waals surface area contributed by atoms with E-state index in [1.807, 2.05) is 24.4 Å². The van der Waals surface area contributed by atoms with E-state index in [9.17, 15) is 13.5 Å². The van der Waals surface area contributed by atoms with E-state index in [0.29, 0.717) is 36.5 Å². The lowest BCUT2D eigenvalue weighted by Crippen LogP contribution is -2.50. The molecule has 0 saturated carbocycles. The van der Waals surface area contributed by atoms with Crippen LogP contribution in [0, 0.1) is 0 Å². The number of rotatable bonds is 8. The fourth-order valence-electron chi connectivity index (χ4n) is 3.70. The largest absolute Gasteiger partial charge is 0.394 e. The summed E-state index contributed by atoms with van der Waals surface area (Å²) in [5.41, 5.74) is 1.45. The molecule has 2 N–H and O–H groups in total. The van der Waals surface area contributed by atoms with Crippen LogP contribution in [-0.4, -0.2) is 58.4 Å². The van der Waals surface area contributed by atoms with Crippen molar-refractivity contribution in [3.8, 4) is 11.4 Å². The highest BCUT2D eigenvalue weighted by atomic mass is 35.5. The number of aliphatic hydroxyl groups excluding tert-OH is 1. The van der Waals surface area contributed by atoms with E-state index in [1.165, 1.54) is 12.1 Å². The standard InChI is InChI=1S/C21H24ClN5O4S/c22-15-4-3-5-17(12-15)32(29,30)25-19-8-7-16(31-21(19)14-28)9-11-27-13-20(24-26-27)18-6-1-2-10-23-18/h1-6,10,12-13,16,19,21,25,28H,7-9,11,14H2/t16-,19-,21+/m0/s1. The second kappa shape index (κ2) is 10.1. The van der Waals surface area contributed by atoms with Crippen molar-refractivity contribution in [1.82, 2.24) is 24.7 Å². The molecule has 0 spiro atoms. The van der Waals surface area contributed by atoms with Crippen LogP contribution in [0.4, 0.5) is 0 Å². The van der Waals surface area contributed by atoms with Crippen LogP contribution >= 0.6 is 11.6 Å². The van der Waals surface area contributed by atoms with Gasteiger partial charge in [-0.1, -0.05) is 28.9 Å². The number of sulfonamides is 1. The van der Waals surface area contributed by atoms with E-state index in [2.05, 4.69) is 20.0 Å². The summed E-state index contributed by atoms with van der Waals surface area (Å²) in [5, 5.41) is 18.4. The topological polar surface area (TPSA) is 119 Å². The van der Waals surface area contributed by atoms with Crippen molar-refractivity contribution in [2.45, 2.75) is 49.0 Å². The number of halogens is 1. The third kappa shape index (κ3) is 5.51. The summed E-state index contributed by atoms with van der Waals surface area (Å²) in [5.74, 6) is 0. The number of aliphatic hydroxyl groups is 1. The fourth-order valence-corrected chi connectivity index (χ4v) is 5.30. The molecule has 3 aromatic rings. The Labute approximate surface area is 191 Å². The molecule has 3 atom stereocenters. The quantitative estimate of drug-likeness (QED) is 0.510. The van der Waals surface area contributed by atoms with E-state index in [1.54, 1.807) is 23.0 Å². The minimum absolute atomic E-state index is 0.0821. The molecule has 0 bridgehead atoms. The van der Waals surface area contributed by atoms with Crippen molar-refractivity contribution in [3.05, 3.63) is 59.9 Å². The lowest BCUT2D eigenvalue weighted by molar-refractivity contribution is -0.0891. The summed E-state index contributed by atoms with van der Waals surface area (Å²) < 4.78 is 35.8. The summed E-state index contributed by atoms with van der Waals surface area (Å²) in [7, 11) is -3.78. The van der Waals surface area contributed by atoms with Gasteiger partial charge in [0.1, 0.15) is 5.69 Å². The van der Waals surface area contributed by atoms with Gasteiger partial charge in [-0.15, -0.1) is 5.10 Å². The van der Waals surface area contributed by atoms with Gasteiger partial charge in [0.05, 0.1) is 41.6 Å². The van der Waals surface area contributed by atoms with Gasteiger partial charge in [-0.05, 0) is 49.6 Å². The SMILES string of the molecule is O=S(=O)(N[C@H]1CC[C@@H](CCn2cc(-c3ccccn3)nn2)O[C@@H]1CO)c1cccc(Cl)c1. The second-order valence-electron chi connectivity index (χ2n) is 7.61. The molecule has 1 aliphatic rings. The lowest BCUT2D eigenvalue weighted by Gasteiger charge is -2.36. The molecule has 4 rings (SSSR count). The Morgan fingerprint density at radius 3 is 2.81 bits per heavy atom. The highest BCUT2D eigenvalue weighted by molar-refractivity contribution is 7.89. The van der Waals surface area contributed by atoms with Crippen LogP contribution < -0.4 is 4.72 Å². The maximum atomic E-state index is 12.7. The van der Waals surface area contributed by atoms with E-state index in [0.717, 1.165) is 5.69 Å². The molecular weight excluding hydrogens is 454 g/mol. The molecule has 32 heavy (non-hydrogen) atoms. The first-order valence-electron chi connectivity index (χ1n) is 10.3. The normalized spacial score (nSPS) is 21.5. The van der Waals surface area contributed by atoms with E-state index < -0.39 is 22.2 Å². The average Bonchev–Trinajstić information content (AvgIpc) is 3.28. The maximum absolute atomic E-state index is 12.7. The molecule has 9 nitrogen and oxygen atoms in total. The third-order valence-corrected chi connectivity index (χ3v) is 7.08. The van der Waals surface area contributed by atoms with Crippen LogP contribution in [0.15, 0.2) is 59.8 Å². The van der Waals surface area contributed by atoms with Crippen LogP contribution in [-0.2, 0) is 21.3 Å². The monoisotopic (exact) mass is 477 g/mol. The van der Waals surface area contributed by atoms with Crippen LogP contribution in [0.5, 0.6) is 0 Å². The molecule has 170 valence electrons. The Balaban J connectivity index is 1.33. The highest BCUT2D eigenvalue weighted by Crippen LogP contribution is 2.25. The van der Waals surface area contributed by atoms with Crippen molar-refractivity contribution in [1.29, 1.82) is 0 Å². The Hall–Kier alpha value is -2.37. The van der Waals surface area contributed by atoms with Gasteiger partial charge in [0, 0.05) is 17.8 Å². The third-order valence-electron chi connectivity index (χ3n) is 5.35. The van der Waals surface area contributed by atoms with Gasteiger partial charge in [-0.2, -0.15) is 0 Å². The first kappa shape index (κ1) is 22.8. The highest BCUT2D eigenvalue weighted by Gasteiger charge is 2.34. The summed E-state index contributed by atoms with van der Waals surface area (Å²) in [6, 6.07) is 11.1. The van der Waals surface area contributed by atoms with Crippen molar-refractivity contribution < 1.29 is 18.3 Å². The molecule has 1 aliphatic heterocycles. The molecule has 0 radical (unpaired) electrons. The number of hydrogen-bond acceptors (Lipinski definition) is 7. The van der Waals surface area contributed by atoms with Crippen LogP contribution in [0.3, 0.4) is 0 Å². The van der Waals surface area contributed by atoms with Crippen molar-refractivity contribution in [3.63, 3.8) is 0 Å². The molecule has 11 heteroatoms. The van der Waals surface area contributed by atoms with Crippen LogP contribution in [0.2, 0.25) is 5.02 Å². The van der Waals surface area contributed by atoms with Gasteiger partial charge in [0.2, 0.25) is 10.0 Å². The Morgan fingerprint density at radius 2 is 2.06 bits per heavy atom. The van der Waals surface area contributed by atoms with Gasteiger partial charge in [-0.3, -0.25) is 9.67 Å². The van der Waals surface area contributed by atoms with Crippen molar-refractivity contribution in [2.24, 2.45) is 0 Å². The fraction of sp³-hybridized carbons (Fsp3) is 0.381. The van der Waals surface area contributed by atoms with Crippen LogP contribution in [0.25, 0.3) is 11.4 Å². The zero-order valence-electron chi connectivity index (χ0n) is 17.2. The minimum atomic E-state index is -3.78. The lowest BCUT2D eigenvalue weighted by atomic mass is 9.98. The predicted octanol–water partition coefficient (Wildman–Crippen LogP) is 2.27. The average molecular weight is 478 g/mol. The summed E-state index contributed by atoms with van der Waals surface area (Å²) in [4.78, 5) is 4.35. The predicted molar refractivity (Wildman–Crippen MR) is 118 cm³/mol. The first-order valence-corrected chi connectivity index (χ1v) is 12.2. The molecule has 1 fully saturated rings. The number of benzene rings is 1. The van der Waals surface area contributed by atoms with E-state index in [-0.39, 0.29) is 17.6 Å². The number of nitrogens with one attached hydrogen (secondary N) is 1. The van der Waals surface area contributed by atoms with Gasteiger partial charge in [0.15, 0.2) is 0 Å². The first-order chi connectivity index (χ1) is 15.4. The van der Waals surface area contributed by atoms with Crippen molar-refractivity contribution in [2.75, 3.05) is 6.61 Å². The molecular formula is C21H24ClN5O4S. The number of hydrogen-bond donors (Lipinski definition) is 2. The second-order valence-corrected chi connectivity index (χ2v) is 9.76. The maximum Gasteiger partial charge on any atom is 0.240 e. The molecule has 1 aromatic carbocycles. The van der Waals surface area contributed by atoms with Crippen LogP contribution in [0.1, 0.15) is 19.3 Å². The molecule has 1 saturated heterocycles. The zero-order chi connectivity index (χ0) is 22.6. The van der Waals surface area contributed by atoms with Gasteiger partial charge < -0.3 is 9.84 Å². The van der Waals surface area contributed by atoms with Crippen molar-refractivity contribution >= 4 is 21.6 Å². The van der Waals surface area contributed by atoms with Gasteiger partial charge in [-0.25, -0.2) is 13.1 Å². The van der Waals surface area contributed by atoms with Gasteiger partial charge in [0.25, 0.3) is 0 Å². The Bertz CT molecular complexity index is 1140. The summed E-state index contributed by atoms with van der Waals surface area (Å²) >= 11 is 5.92. The Kier molecular flexibility index (Phi) is 7.17. The Morgan fingerprint density at radius 1 is 1.19 bits per heavy atom. The molecule has 0 amide bonds. The number of nitrogens with zero attached hydrogens (tertiary/aromatic N) is 4. The molecule has 2 aromatic heterocycles. The minimum Gasteiger partial charge on any atom is -0.394 e. The molecule has 0 aliphatic carbocycles. The molecule has 0 unspecified atom stereocenters. The summed E-state index contributed by atoms with van der Waals surface area (Å²) in [6.07, 6.45) is 4.64.